The van der Waals surface area contributed by atoms with Crippen molar-refractivity contribution in [2.75, 3.05) is 13.2 Å². The van der Waals surface area contributed by atoms with Crippen LogP contribution in [0, 0.1) is 0 Å². The Bertz CT molecular complexity index is 266. The van der Waals surface area contributed by atoms with Gasteiger partial charge < -0.3 is 14.8 Å². The van der Waals surface area contributed by atoms with E-state index in [0.29, 0.717) is 6.42 Å². The lowest BCUT2D eigenvalue weighted by molar-refractivity contribution is 0.298. The zero-order valence-electron chi connectivity index (χ0n) is 7.49. The zero-order valence-corrected chi connectivity index (χ0v) is 7.49. The minimum atomic E-state index is 0.129. The van der Waals surface area contributed by atoms with Gasteiger partial charge >= 0.3 is 0 Å². The Morgan fingerprint density at radius 2 is 2.62 bits per heavy atom. The van der Waals surface area contributed by atoms with Gasteiger partial charge in [-0.25, -0.2) is 4.98 Å². The van der Waals surface area contributed by atoms with Crippen LogP contribution in [0.3, 0.4) is 0 Å². The van der Waals surface area contributed by atoms with E-state index in [4.69, 9.17) is 9.52 Å². The van der Waals surface area contributed by atoms with Gasteiger partial charge in [0.25, 0.3) is 0 Å². The molecule has 0 aromatic carbocycles. The monoisotopic (exact) mass is 182 g/mol. The Labute approximate surface area is 77.0 Å². The summed E-state index contributed by atoms with van der Waals surface area (Å²) in [7, 11) is 0. The number of aliphatic hydroxyl groups is 1. The van der Waals surface area contributed by atoms with Crippen LogP contribution in [0.15, 0.2) is 10.7 Å². The van der Waals surface area contributed by atoms with Gasteiger partial charge in [0.1, 0.15) is 6.26 Å². The van der Waals surface area contributed by atoms with E-state index < -0.39 is 0 Å². The van der Waals surface area contributed by atoms with Crippen LogP contribution in [0.1, 0.15) is 30.5 Å². The van der Waals surface area contributed by atoms with Crippen molar-refractivity contribution in [2.45, 2.75) is 25.3 Å². The lowest BCUT2D eigenvalue weighted by atomic mass is 10.2. The molecule has 1 aliphatic rings. The minimum Gasteiger partial charge on any atom is -0.447 e. The molecule has 4 nitrogen and oxygen atoms in total. The van der Waals surface area contributed by atoms with Crippen molar-refractivity contribution in [1.29, 1.82) is 0 Å². The maximum absolute atomic E-state index is 8.70. The summed E-state index contributed by atoms with van der Waals surface area (Å²) < 4.78 is 5.32. The van der Waals surface area contributed by atoms with Crippen LogP contribution >= 0.6 is 0 Å². The number of rotatable bonds is 3. The normalized spacial score (nSPS) is 22.4. The molecule has 13 heavy (non-hydrogen) atoms. The molecule has 1 saturated heterocycles. The van der Waals surface area contributed by atoms with Gasteiger partial charge in [-0.05, 0) is 19.4 Å². The smallest absolute Gasteiger partial charge is 0.211 e. The van der Waals surface area contributed by atoms with Gasteiger partial charge in [-0.2, -0.15) is 0 Å². The molecule has 1 atom stereocenters. The van der Waals surface area contributed by atoms with Gasteiger partial charge in [0.2, 0.25) is 5.89 Å². The van der Waals surface area contributed by atoms with E-state index in [2.05, 4.69) is 10.3 Å². The van der Waals surface area contributed by atoms with Gasteiger partial charge in [0, 0.05) is 13.0 Å². The van der Waals surface area contributed by atoms with Crippen molar-refractivity contribution in [3.05, 3.63) is 17.8 Å². The Morgan fingerprint density at radius 3 is 3.31 bits per heavy atom. The van der Waals surface area contributed by atoms with Crippen molar-refractivity contribution >= 4 is 0 Å². The average molecular weight is 182 g/mol. The summed E-state index contributed by atoms with van der Waals surface area (Å²) in [5.74, 6) is 0.765. The molecule has 0 saturated carbocycles. The standard InChI is InChI=1S/C9H14N2O2/c12-5-3-7-6-13-9(11-7)8-2-1-4-10-8/h6,8,10,12H,1-5H2. The Morgan fingerprint density at radius 1 is 1.69 bits per heavy atom. The zero-order chi connectivity index (χ0) is 9.10. The minimum absolute atomic E-state index is 0.129. The number of hydrogen-bond donors (Lipinski definition) is 2. The molecule has 72 valence electrons. The SMILES string of the molecule is OCCc1coc(C2CCCN2)n1. The molecule has 1 aromatic heterocycles. The quantitative estimate of drug-likeness (QED) is 0.720. The number of nitrogens with one attached hydrogen (secondary N) is 1. The molecular formula is C9H14N2O2. The fraction of sp³-hybridized carbons (Fsp3) is 0.667. The maximum atomic E-state index is 8.70. The number of aromatic nitrogens is 1. The van der Waals surface area contributed by atoms with E-state index in [1.165, 1.54) is 6.42 Å². The predicted molar refractivity (Wildman–Crippen MR) is 47.3 cm³/mol. The lowest BCUT2D eigenvalue weighted by Gasteiger charge is -2.02. The highest BCUT2D eigenvalue weighted by Crippen LogP contribution is 2.21. The highest BCUT2D eigenvalue weighted by atomic mass is 16.3. The summed E-state index contributed by atoms with van der Waals surface area (Å²) in [4.78, 5) is 4.29. The second-order valence-electron chi connectivity index (χ2n) is 3.30. The number of nitrogens with zero attached hydrogens (tertiary/aromatic N) is 1. The molecule has 1 aromatic rings. The molecule has 0 bridgehead atoms. The molecule has 4 heteroatoms. The average Bonchev–Trinajstić information content (AvgIpc) is 2.70. The van der Waals surface area contributed by atoms with Crippen molar-refractivity contribution < 1.29 is 9.52 Å². The van der Waals surface area contributed by atoms with Crippen LogP contribution in [-0.4, -0.2) is 23.2 Å². The number of oxazole rings is 1. The van der Waals surface area contributed by atoms with E-state index in [-0.39, 0.29) is 12.6 Å². The summed E-state index contributed by atoms with van der Waals surface area (Å²) in [5, 5.41) is 12.0. The molecule has 2 rings (SSSR count). The predicted octanol–water partition coefficient (Wildman–Crippen LogP) is 0.634. The first kappa shape index (κ1) is 8.72. The third-order valence-corrected chi connectivity index (χ3v) is 2.30. The molecule has 1 aliphatic heterocycles. The van der Waals surface area contributed by atoms with E-state index in [9.17, 15) is 0 Å². The highest BCUT2D eigenvalue weighted by molar-refractivity contribution is 5.01. The largest absolute Gasteiger partial charge is 0.447 e. The number of hydrogen-bond acceptors (Lipinski definition) is 4. The molecule has 2 heterocycles. The van der Waals surface area contributed by atoms with Gasteiger partial charge in [0.15, 0.2) is 0 Å². The van der Waals surface area contributed by atoms with Crippen LogP contribution < -0.4 is 5.32 Å². The van der Waals surface area contributed by atoms with Crippen LogP contribution in [0.5, 0.6) is 0 Å². The molecule has 0 spiro atoms. The van der Waals surface area contributed by atoms with E-state index in [0.717, 1.165) is 24.6 Å². The van der Waals surface area contributed by atoms with Crippen LogP contribution in [-0.2, 0) is 6.42 Å². The summed E-state index contributed by atoms with van der Waals surface area (Å²) in [6, 6.07) is 0.285. The summed E-state index contributed by atoms with van der Waals surface area (Å²) in [6.07, 6.45) is 4.49. The van der Waals surface area contributed by atoms with Crippen molar-refractivity contribution in [1.82, 2.24) is 10.3 Å². The molecule has 2 N–H and O–H groups in total. The summed E-state index contributed by atoms with van der Waals surface area (Å²) >= 11 is 0. The Kier molecular flexibility index (Phi) is 2.61. The Balaban J connectivity index is 2.03. The fourth-order valence-electron chi connectivity index (χ4n) is 1.61. The summed E-state index contributed by atoms with van der Waals surface area (Å²) in [5.41, 5.74) is 0.839. The highest BCUT2D eigenvalue weighted by Gasteiger charge is 2.20. The van der Waals surface area contributed by atoms with Gasteiger partial charge in [0.05, 0.1) is 11.7 Å². The first-order valence-electron chi connectivity index (χ1n) is 4.68. The third kappa shape index (κ3) is 1.89. The van der Waals surface area contributed by atoms with E-state index >= 15 is 0 Å². The van der Waals surface area contributed by atoms with Crippen molar-refractivity contribution in [2.24, 2.45) is 0 Å². The lowest BCUT2D eigenvalue weighted by Crippen LogP contribution is -2.13. The molecule has 0 aliphatic carbocycles. The molecule has 1 unspecified atom stereocenters. The second-order valence-corrected chi connectivity index (χ2v) is 3.30. The number of aliphatic hydroxyl groups excluding tert-OH is 1. The van der Waals surface area contributed by atoms with Crippen LogP contribution in [0.4, 0.5) is 0 Å². The van der Waals surface area contributed by atoms with Gasteiger partial charge in [-0.3, -0.25) is 0 Å². The molecule has 1 fully saturated rings. The fourth-order valence-corrected chi connectivity index (χ4v) is 1.61. The van der Waals surface area contributed by atoms with Gasteiger partial charge in [-0.1, -0.05) is 0 Å². The first-order valence-corrected chi connectivity index (χ1v) is 4.68. The molecular weight excluding hydrogens is 168 g/mol. The van der Waals surface area contributed by atoms with E-state index in [1.54, 1.807) is 6.26 Å². The third-order valence-electron chi connectivity index (χ3n) is 2.30. The maximum Gasteiger partial charge on any atom is 0.211 e. The first-order chi connectivity index (χ1) is 6.40. The van der Waals surface area contributed by atoms with Crippen molar-refractivity contribution in [3.63, 3.8) is 0 Å². The van der Waals surface area contributed by atoms with E-state index in [1.807, 2.05) is 0 Å². The van der Waals surface area contributed by atoms with Crippen LogP contribution in [0.2, 0.25) is 0 Å². The molecule has 0 radical (unpaired) electrons. The topological polar surface area (TPSA) is 58.3 Å². The summed E-state index contributed by atoms with van der Waals surface area (Å²) in [6.45, 7) is 1.17. The van der Waals surface area contributed by atoms with Crippen LogP contribution in [0.25, 0.3) is 0 Å². The Hall–Kier alpha value is -0.870. The second kappa shape index (κ2) is 3.89. The van der Waals surface area contributed by atoms with Gasteiger partial charge in [-0.15, -0.1) is 0 Å². The molecule has 0 amide bonds. The van der Waals surface area contributed by atoms with Crippen molar-refractivity contribution in [3.8, 4) is 0 Å².